The molecule has 0 saturated heterocycles. The van der Waals surface area contributed by atoms with Crippen LogP contribution in [0.2, 0.25) is 0 Å². The Bertz CT molecular complexity index is 778. The molecule has 22 heavy (non-hydrogen) atoms. The molecule has 0 radical (unpaired) electrons. The SMILES string of the molecule is COc1ccc(Br)cc1S(=O)(=O)NC(C)c1cccc(Br)c1. The zero-order chi connectivity index (χ0) is 16.3. The lowest BCUT2D eigenvalue weighted by molar-refractivity contribution is 0.402. The molecule has 0 bridgehead atoms. The first kappa shape index (κ1) is 17.5. The second-order valence-corrected chi connectivity index (χ2v) is 8.21. The average Bonchev–Trinajstić information content (AvgIpc) is 2.46. The summed E-state index contributed by atoms with van der Waals surface area (Å²) in [6.07, 6.45) is 0. The van der Waals surface area contributed by atoms with Gasteiger partial charge in [0, 0.05) is 15.0 Å². The maximum Gasteiger partial charge on any atom is 0.244 e. The molecule has 0 aliphatic rings. The molecule has 2 aromatic rings. The van der Waals surface area contributed by atoms with Crippen molar-refractivity contribution < 1.29 is 13.2 Å². The third-order valence-electron chi connectivity index (χ3n) is 3.10. The molecule has 0 spiro atoms. The first-order valence-corrected chi connectivity index (χ1v) is 9.52. The topological polar surface area (TPSA) is 55.4 Å². The van der Waals surface area contributed by atoms with Gasteiger partial charge in [0.2, 0.25) is 10.0 Å². The predicted molar refractivity (Wildman–Crippen MR) is 93.6 cm³/mol. The maximum atomic E-state index is 12.6. The van der Waals surface area contributed by atoms with Crippen molar-refractivity contribution in [3.05, 3.63) is 57.0 Å². The van der Waals surface area contributed by atoms with E-state index in [1.165, 1.54) is 13.2 Å². The van der Waals surface area contributed by atoms with Gasteiger partial charge >= 0.3 is 0 Å². The summed E-state index contributed by atoms with van der Waals surface area (Å²) in [7, 11) is -2.26. The summed E-state index contributed by atoms with van der Waals surface area (Å²) >= 11 is 6.67. The number of hydrogen-bond donors (Lipinski definition) is 1. The van der Waals surface area contributed by atoms with Gasteiger partial charge in [-0.25, -0.2) is 13.1 Å². The van der Waals surface area contributed by atoms with E-state index in [4.69, 9.17) is 4.74 Å². The Balaban J connectivity index is 2.33. The average molecular weight is 449 g/mol. The van der Waals surface area contributed by atoms with Gasteiger partial charge in [-0.15, -0.1) is 0 Å². The van der Waals surface area contributed by atoms with Gasteiger partial charge in [-0.05, 0) is 42.8 Å². The van der Waals surface area contributed by atoms with Crippen LogP contribution in [0.3, 0.4) is 0 Å². The van der Waals surface area contributed by atoms with Crippen LogP contribution in [0.1, 0.15) is 18.5 Å². The summed E-state index contributed by atoms with van der Waals surface area (Å²) < 4.78 is 34.6. The molecular weight excluding hydrogens is 434 g/mol. The smallest absolute Gasteiger partial charge is 0.244 e. The Kier molecular flexibility index (Phi) is 5.65. The van der Waals surface area contributed by atoms with E-state index < -0.39 is 10.0 Å². The highest BCUT2D eigenvalue weighted by molar-refractivity contribution is 9.10. The summed E-state index contributed by atoms with van der Waals surface area (Å²) in [5, 5.41) is 0. The van der Waals surface area contributed by atoms with Crippen molar-refractivity contribution in [3.8, 4) is 5.75 Å². The predicted octanol–water partition coefficient (Wildman–Crippen LogP) is 4.26. The van der Waals surface area contributed by atoms with Gasteiger partial charge in [-0.3, -0.25) is 0 Å². The Labute approximate surface area is 147 Å². The number of ether oxygens (including phenoxy) is 1. The fourth-order valence-electron chi connectivity index (χ4n) is 2.00. The summed E-state index contributed by atoms with van der Waals surface area (Å²) in [4.78, 5) is 0.103. The molecule has 1 unspecified atom stereocenters. The van der Waals surface area contributed by atoms with Crippen LogP contribution >= 0.6 is 31.9 Å². The lowest BCUT2D eigenvalue weighted by Crippen LogP contribution is -2.27. The molecule has 0 heterocycles. The van der Waals surface area contributed by atoms with E-state index in [0.29, 0.717) is 10.2 Å². The molecule has 2 aromatic carbocycles. The molecule has 2 rings (SSSR count). The number of methoxy groups -OCH3 is 1. The zero-order valence-electron chi connectivity index (χ0n) is 12.0. The molecule has 0 amide bonds. The lowest BCUT2D eigenvalue weighted by atomic mass is 10.1. The van der Waals surface area contributed by atoms with Crippen LogP contribution in [0.4, 0.5) is 0 Å². The van der Waals surface area contributed by atoms with Gasteiger partial charge in [-0.1, -0.05) is 44.0 Å². The standard InChI is InChI=1S/C15H15Br2NO3S/c1-10(11-4-3-5-12(16)8-11)18-22(19,20)15-9-13(17)6-7-14(15)21-2/h3-10,18H,1-2H3. The molecule has 1 atom stereocenters. The number of nitrogens with one attached hydrogen (secondary N) is 1. The zero-order valence-corrected chi connectivity index (χ0v) is 16.0. The van der Waals surface area contributed by atoms with E-state index in [9.17, 15) is 8.42 Å². The summed E-state index contributed by atoms with van der Waals surface area (Å²) in [6.45, 7) is 1.80. The molecule has 118 valence electrons. The van der Waals surface area contributed by atoms with Crippen molar-refractivity contribution >= 4 is 41.9 Å². The monoisotopic (exact) mass is 447 g/mol. The molecule has 0 fully saturated rings. The van der Waals surface area contributed by atoms with Gasteiger partial charge in [0.05, 0.1) is 7.11 Å². The van der Waals surface area contributed by atoms with E-state index in [2.05, 4.69) is 36.6 Å². The minimum absolute atomic E-state index is 0.103. The minimum atomic E-state index is -3.71. The van der Waals surface area contributed by atoms with E-state index >= 15 is 0 Å². The molecule has 0 saturated carbocycles. The minimum Gasteiger partial charge on any atom is -0.495 e. The third-order valence-corrected chi connectivity index (χ3v) is 5.64. The normalized spacial score (nSPS) is 12.9. The molecule has 7 heteroatoms. The summed E-state index contributed by atoms with van der Waals surface area (Å²) in [6, 6.07) is 12.0. The van der Waals surface area contributed by atoms with E-state index in [1.54, 1.807) is 19.1 Å². The maximum absolute atomic E-state index is 12.6. The number of hydrogen-bond acceptors (Lipinski definition) is 3. The number of rotatable bonds is 5. The van der Waals surface area contributed by atoms with Crippen LogP contribution < -0.4 is 9.46 Å². The van der Waals surface area contributed by atoms with Crippen LogP contribution in [0, 0.1) is 0 Å². The Morgan fingerprint density at radius 2 is 1.77 bits per heavy atom. The highest BCUT2D eigenvalue weighted by Gasteiger charge is 2.22. The van der Waals surface area contributed by atoms with Crippen LogP contribution in [-0.4, -0.2) is 15.5 Å². The van der Waals surface area contributed by atoms with Crippen molar-refractivity contribution in [1.29, 1.82) is 0 Å². The van der Waals surface area contributed by atoms with Crippen LogP contribution in [0.25, 0.3) is 0 Å². The van der Waals surface area contributed by atoms with E-state index in [-0.39, 0.29) is 10.9 Å². The number of sulfonamides is 1. The molecule has 0 aliphatic heterocycles. The highest BCUT2D eigenvalue weighted by Crippen LogP contribution is 2.28. The fraction of sp³-hybridized carbons (Fsp3) is 0.200. The fourth-order valence-corrected chi connectivity index (χ4v) is 4.36. The van der Waals surface area contributed by atoms with Crippen molar-refractivity contribution in [2.75, 3.05) is 7.11 Å². The number of benzene rings is 2. The second-order valence-electron chi connectivity index (χ2n) is 4.69. The Morgan fingerprint density at radius 3 is 2.41 bits per heavy atom. The van der Waals surface area contributed by atoms with Gasteiger partial charge in [-0.2, -0.15) is 0 Å². The molecular formula is C15H15Br2NO3S. The molecule has 1 N–H and O–H groups in total. The highest BCUT2D eigenvalue weighted by atomic mass is 79.9. The third kappa shape index (κ3) is 4.10. The van der Waals surface area contributed by atoms with E-state index in [0.717, 1.165) is 10.0 Å². The summed E-state index contributed by atoms with van der Waals surface area (Å²) in [5.74, 6) is 0.303. The van der Waals surface area contributed by atoms with Crippen molar-refractivity contribution in [2.45, 2.75) is 17.9 Å². The van der Waals surface area contributed by atoms with Crippen LogP contribution in [0.15, 0.2) is 56.3 Å². The molecule has 0 aliphatic carbocycles. The van der Waals surface area contributed by atoms with Crippen molar-refractivity contribution in [1.82, 2.24) is 4.72 Å². The molecule has 0 aromatic heterocycles. The van der Waals surface area contributed by atoms with Crippen molar-refractivity contribution in [2.24, 2.45) is 0 Å². The number of halogens is 2. The first-order valence-electron chi connectivity index (χ1n) is 6.45. The largest absolute Gasteiger partial charge is 0.495 e. The van der Waals surface area contributed by atoms with Gasteiger partial charge < -0.3 is 4.74 Å². The summed E-state index contributed by atoms with van der Waals surface area (Å²) in [5.41, 5.74) is 0.868. The van der Waals surface area contributed by atoms with Crippen LogP contribution in [0.5, 0.6) is 5.75 Å². The Morgan fingerprint density at radius 1 is 1.09 bits per heavy atom. The first-order chi connectivity index (χ1) is 10.3. The quantitative estimate of drug-likeness (QED) is 0.743. The van der Waals surface area contributed by atoms with Crippen LogP contribution in [-0.2, 0) is 10.0 Å². The lowest BCUT2D eigenvalue weighted by Gasteiger charge is -2.16. The van der Waals surface area contributed by atoms with Gasteiger partial charge in [0.15, 0.2) is 0 Å². The molecule has 4 nitrogen and oxygen atoms in total. The van der Waals surface area contributed by atoms with Crippen molar-refractivity contribution in [3.63, 3.8) is 0 Å². The van der Waals surface area contributed by atoms with Gasteiger partial charge in [0.1, 0.15) is 10.6 Å². The second kappa shape index (κ2) is 7.12. The van der Waals surface area contributed by atoms with E-state index in [1.807, 2.05) is 24.3 Å². The Hall–Kier alpha value is -0.890. The van der Waals surface area contributed by atoms with Gasteiger partial charge in [0.25, 0.3) is 0 Å².